The Labute approximate surface area is 319 Å². The normalized spacial score (nSPS) is 11.4. The van der Waals surface area contributed by atoms with Crippen molar-refractivity contribution < 1.29 is 33.2 Å². The van der Waals surface area contributed by atoms with Gasteiger partial charge < -0.3 is 33.2 Å². The minimum atomic E-state index is 0.571. The Morgan fingerprint density at radius 3 is 0.868 bits per heavy atom. The average molecular weight is 733 g/mol. The molecule has 0 heterocycles. The number of rotatable bonds is 28. The average Bonchev–Trinajstić information content (AvgIpc) is 3.16. The van der Waals surface area contributed by atoms with Gasteiger partial charge in [-0.25, -0.2) is 0 Å². The van der Waals surface area contributed by atoms with Crippen LogP contribution in [0.25, 0.3) is 32.3 Å². The second kappa shape index (κ2) is 23.1. The first-order valence-corrected chi connectivity index (χ1v) is 21.0. The quantitative estimate of drug-likeness (QED) is 0.0425. The molecule has 0 fully saturated rings. The predicted octanol–water partition coefficient (Wildman–Crippen LogP) is 13.4. The molecule has 7 heteroatoms. The van der Waals surface area contributed by atoms with Gasteiger partial charge in [0.1, 0.15) is 0 Å². The van der Waals surface area contributed by atoms with Crippen LogP contribution < -0.4 is 33.2 Å². The molecule has 53 heavy (non-hydrogen) atoms. The van der Waals surface area contributed by atoms with E-state index in [1.807, 2.05) is 0 Å². The van der Waals surface area contributed by atoms with Crippen LogP contribution in [-0.2, 0) is 0 Å². The second-order valence-corrected chi connectivity index (χ2v) is 14.1. The predicted molar refractivity (Wildman–Crippen MR) is 222 cm³/mol. The van der Waals surface area contributed by atoms with Gasteiger partial charge in [0.05, 0.1) is 46.2 Å². The van der Waals surface area contributed by atoms with Crippen molar-refractivity contribution in [3.8, 4) is 40.2 Å². The van der Waals surface area contributed by atoms with Gasteiger partial charge in [-0.2, -0.15) is 0 Å². The molecule has 0 spiro atoms. The number of hydrogen-bond acceptors (Lipinski definition) is 7. The fourth-order valence-corrected chi connectivity index (χ4v) is 6.19. The lowest BCUT2D eigenvalue weighted by Crippen LogP contribution is -2.07. The topological polar surface area (TPSA) is 64.6 Å². The molecule has 7 nitrogen and oxygen atoms in total. The Balaban J connectivity index is 2.18. The summed E-state index contributed by atoms with van der Waals surface area (Å²) in [4.78, 5) is 0. The third kappa shape index (κ3) is 11.4. The van der Waals surface area contributed by atoms with Crippen molar-refractivity contribution in [3.05, 3.63) is 30.3 Å². The van der Waals surface area contributed by atoms with Gasteiger partial charge in [-0.05, 0) is 102 Å². The number of hydrogen-bond donors (Lipinski definition) is 0. The van der Waals surface area contributed by atoms with E-state index in [2.05, 4.69) is 78.8 Å². The van der Waals surface area contributed by atoms with E-state index in [1.54, 1.807) is 0 Å². The fraction of sp³-hybridized carbons (Fsp3) is 0.609. The summed E-state index contributed by atoms with van der Waals surface area (Å²) in [5.41, 5.74) is 0. The van der Waals surface area contributed by atoms with Crippen LogP contribution in [-0.4, -0.2) is 46.2 Å². The minimum absolute atomic E-state index is 0.571. The highest BCUT2D eigenvalue weighted by Gasteiger charge is 2.25. The molecule has 0 bridgehead atoms. The third-order valence-electron chi connectivity index (χ3n) is 9.49. The maximum atomic E-state index is 6.84. The Bertz CT molecular complexity index is 1620. The first-order chi connectivity index (χ1) is 26.1. The third-order valence-corrected chi connectivity index (χ3v) is 9.49. The Morgan fingerprint density at radius 2 is 0.528 bits per heavy atom. The van der Waals surface area contributed by atoms with Crippen LogP contribution in [0.15, 0.2) is 30.3 Å². The minimum Gasteiger partial charge on any atom is -0.490 e. The summed E-state index contributed by atoms with van der Waals surface area (Å²) in [6.07, 6.45) is 14.0. The lowest BCUT2D eigenvalue weighted by atomic mass is 9.92. The summed E-state index contributed by atoms with van der Waals surface area (Å²) >= 11 is 0. The molecule has 0 aromatic heterocycles. The molecule has 0 atom stereocenters. The van der Waals surface area contributed by atoms with E-state index >= 15 is 0 Å². The molecule has 4 aromatic rings. The van der Waals surface area contributed by atoms with Gasteiger partial charge in [-0.15, -0.1) is 0 Å². The van der Waals surface area contributed by atoms with Gasteiger partial charge in [0, 0.05) is 5.39 Å². The Kier molecular flexibility index (Phi) is 18.3. The van der Waals surface area contributed by atoms with Crippen LogP contribution in [0.5, 0.6) is 40.2 Å². The summed E-state index contributed by atoms with van der Waals surface area (Å²) in [7, 11) is 0. The van der Waals surface area contributed by atoms with E-state index in [1.165, 1.54) is 0 Å². The van der Waals surface area contributed by atoms with E-state index in [0.29, 0.717) is 57.7 Å². The Hall–Kier alpha value is -3.74. The van der Waals surface area contributed by atoms with Gasteiger partial charge in [-0.1, -0.05) is 93.4 Å². The monoisotopic (exact) mass is 732 g/mol. The van der Waals surface area contributed by atoms with E-state index in [9.17, 15) is 0 Å². The van der Waals surface area contributed by atoms with Crippen molar-refractivity contribution in [3.63, 3.8) is 0 Å². The van der Waals surface area contributed by atoms with Crippen molar-refractivity contribution in [1.29, 1.82) is 0 Å². The van der Waals surface area contributed by atoms with Crippen LogP contribution in [0, 0.1) is 0 Å². The van der Waals surface area contributed by atoms with Crippen LogP contribution >= 0.6 is 0 Å². The van der Waals surface area contributed by atoms with Crippen LogP contribution in [0.4, 0.5) is 0 Å². The zero-order chi connectivity index (χ0) is 37.8. The highest BCUT2D eigenvalue weighted by atomic mass is 16.5. The maximum absolute atomic E-state index is 6.84. The SMILES string of the molecule is CCCCOc1cc2c3cc(OCCCC)c(OCCCC)cc3c3c(OCCCC)c(OCCCC)c(OCCCC)cc3c2cc1OCCCC. The van der Waals surface area contributed by atoms with E-state index in [-0.39, 0.29) is 0 Å². The van der Waals surface area contributed by atoms with E-state index in [0.717, 1.165) is 151 Å². The van der Waals surface area contributed by atoms with Crippen LogP contribution in [0.2, 0.25) is 0 Å². The maximum Gasteiger partial charge on any atom is 0.204 e. The van der Waals surface area contributed by atoms with Crippen molar-refractivity contribution in [2.45, 2.75) is 138 Å². The molecular weight excluding hydrogens is 664 g/mol. The molecule has 0 aliphatic heterocycles. The summed E-state index contributed by atoms with van der Waals surface area (Å²) in [6, 6.07) is 10.8. The molecule has 0 saturated carbocycles. The largest absolute Gasteiger partial charge is 0.490 e. The first kappa shape index (κ1) is 42.0. The lowest BCUT2D eigenvalue weighted by Gasteiger charge is -2.23. The molecule has 4 rings (SSSR count). The summed E-state index contributed by atoms with van der Waals surface area (Å²) < 4.78 is 46.0. The molecule has 0 radical (unpaired) electrons. The summed E-state index contributed by atoms with van der Waals surface area (Å²) in [6.45, 7) is 19.5. The molecule has 4 aromatic carbocycles. The molecular formula is C46H68O7. The van der Waals surface area contributed by atoms with Crippen molar-refractivity contribution in [2.75, 3.05) is 46.2 Å². The van der Waals surface area contributed by atoms with Crippen LogP contribution in [0.1, 0.15) is 138 Å². The molecule has 0 amide bonds. The number of unbranched alkanes of at least 4 members (excludes halogenated alkanes) is 7. The smallest absolute Gasteiger partial charge is 0.204 e. The molecule has 0 saturated heterocycles. The van der Waals surface area contributed by atoms with Gasteiger partial charge >= 0.3 is 0 Å². The zero-order valence-corrected chi connectivity index (χ0v) is 34.1. The van der Waals surface area contributed by atoms with E-state index < -0.39 is 0 Å². The molecule has 0 N–H and O–H groups in total. The highest BCUT2D eigenvalue weighted by Crippen LogP contribution is 2.52. The van der Waals surface area contributed by atoms with Gasteiger partial charge in [0.2, 0.25) is 5.75 Å². The second-order valence-electron chi connectivity index (χ2n) is 14.1. The highest BCUT2D eigenvalue weighted by molar-refractivity contribution is 6.28. The van der Waals surface area contributed by atoms with Gasteiger partial charge in [0.15, 0.2) is 34.5 Å². The molecule has 0 aliphatic rings. The fourth-order valence-electron chi connectivity index (χ4n) is 6.19. The lowest BCUT2D eigenvalue weighted by molar-refractivity contribution is 0.239. The number of fused-ring (bicyclic) bond motifs is 6. The zero-order valence-electron chi connectivity index (χ0n) is 34.1. The summed E-state index contributed by atoms with van der Waals surface area (Å²) in [5, 5.41) is 6.17. The number of ether oxygens (including phenoxy) is 7. The van der Waals surface area contributed by atoms with Crippen molar-refractivity contribution in [2.24, 2.45) is 0 Å². The van der Waals surface area contributed by atoms with Crippen molar-refractivity contribution >= 4 is 32.3 Å². The van der Waals surface area contributed by atoms with Crippen LogP contribution in [0.3, 0.4) is 0 Å². The molecule has 294 valence electrons. The Morgan fingerprint density at radius 1 is 0.283 bits per heavy atom. The van der Waals surface area contributed by atoms with Gasteiger partial charge in [0.25, 0.3) is 0 Å². The standard InChI is InChI=1S/C46H68O7/c1-8-15-22-47-39-29-34-35-30-41(49-24-17-10-3)42(50-25-18-11-4)32-37(35)44-38(36(34)31-40(39)48-23-16-9-2)33-43(51-26-19-12-5)45(52-27-20-13-6)46(44)53-28-21-14-7/h29-33H,8-28H2,1-7H3. The molecule has 0 aliphatic carbocycles. The summed E-state index contributed by atoms with van der Waals surface area (Å²) in [5.74, 6) is 5.13. The molecule has 0 unspecified atom stereocenters. The van der Waals surface area contributed by atoms with Crippen molar-refractivity contribution in [1.82, 2.24) is 0 Å². The first-order valence-electron chi connectivity index (χ1n) is 21.0. The van der Waals surface area contributed by atoms with Gasteiger partial charge in [-0.3, -0.25) is 0 Å². The van der Waals surface area contributed by atoms with E-state index in [4.69, 9.17) is 33.2 Å². The number of benzene rings is 4.